The van der Waals surface area contributed by atoms with Crippen LogP contribution in [-0.4, -0.2) is 32.0 Å². The number of carbonyl (C=O) groups is 2. The lowest BCUT2D eigenvalue weighted by atomic mass is 10.0. The van der Waals surface area contributed by atoms with Gasteiger partial charge in [-0.3, -0.25) is 9.59 Å². The van der Waals surface area contributed by atoms with Crippen LogP contribution in [-0.2, 0) is 0 Å². The summed E-state index contributed by atoms with van der Waals surface area (Å²) in [5, 5.41) is 5.95. The van der Waals surface area contributed by atoms with Crippen LogP contribution in [0.1, 0.15) is 20.7 Å². The maximum Gasteiger partial charge on any atom is 0.251 e. The normalized spacial score (nSPS) is 10.4. The van der Waals surface area contributed by atoms with Crippen LogP contribution in [0.2, 0.25) is 5.02 Å². The van der Waals surface area contributed by atoms with Crippen molar-refractivity contribution in [2.45, 2.75) is 0 Å². The summed E-state index contributed by atoms with van der Waals surface area (Å²) in [7, 11) is 1.50. The van der Waals surface area contributed by atoms with Crippen molar-refractivity contribution in [3.63, 3.8) is 0 Å². The molecule has 2 amide bonds. The highest BCUT2D eigenvalue weighted by Gasteiger charge is 2.11. The molecular formula is C23H20ClFN2O3. The molecule has 0 aliphatic heterocycles. The molecule has 0 spiro atoms. The highest BCUT2D eigenvalue weighted by Crippen LogP contribution is 2.31. The molecule has 154 valence electrons. The summed E-state index contributed by atoms with van der Waals surface area (Å²) in [6.07, 6.45) is 0. The van der Waals surface area contributed by atoms with Gasteiger partial charge in [-0.2, -0.15) is 0 Å². The zero-order valence-corrected chi connectivity index (χ0v) is 17.0. The summed E-state index contributed by atoms with van der Waals surface area (Å²) < 4.78 is 19.0. The molecule has 0 aliphatic rings. The first-order valence-electron chi connectivity index (χ1n) is 9.24. The van der Waals surface area contributed by atoms with Gasteiger partial charge < -0.3 is 15.4 Å². The second-order valence-electron chi connectivity index (χ2n) is 6.45. The number of nitrogens with one attached hydrogen (secondary N) is 2. The smallest absolute Gasteiger partial charge is 0.251 e. The Morgan fingerprint density at radius 1 is 0.900 bits per heavy atom. The molecule has 0 fully saturated rings. The third kappa shape index (κ3) is 5.36. The lowest BCUT2D eigenvalue weighted by Crippen LogP contribution is -2.34. The van der Waals surface area contributed by atoms with Crippen LogP contribution in [0.4, 0.5) is 4.39 Å². The van der Waals surface area contributed by atoms with Crippen molar-refractivity contribution in [3.05, 3.63) is 88.7 Å². The highest BCUT2D eigenvalue weighted by atomic mass is 35.5. The first kappa shape index (κ1) is 21.3. The van der Waals surface area contributed by atoms with E-state index in [0.717, 1.165) is 0 Å². The van der Waals surface area contributed by atoms with E-state index < -0.39 is 5.82 Å². The SMILES string of the molecule is COc1ccc(F)cc1-c1cccc(C(=O)NCCNC(=O)c2cccc(Cl)c2)c1. The van der Waals surface area contributed by atoms with Crippen LogP contribution in [0.5, 0.6) is 5.75 Å². The van der Waals surface area contributed by atoms with Crippen molar-refractivity contribution in [2.75, 3.05) is 20.2 Å². The van der Waals surface area contributed by atoms with E-state index in [1.54, 1.807) is 54.6 Å². The van der Waals surface area contributed by atoms with E-state index in [2.05, 4.69) is 10.6 Å². The van der Waals surface area contributed by atoms with Crippen LogP contribution in [0.25, 0.3) is 11.1 Å². The lowest BCUT2D eigenvalue weighted by Gasteiger charge is -2.11. The van der Waals surface area contributed by atoms with Crippen molar-refractivity contribution in [2.24, 2.45) is 0 Å². The second kappa shape index (κ2) is 9.89. The van der Waals surface area contributed by atoms with Crippen molar-refractivity contribution in [1.29, 1.82) is 0 Å². The molecule has 3 aromatic rings. The molecule has 0 aromatic heterocycles. The van der Waals surface area contributed by atoms with Crippen LogP contribution < -0.4 is 15.4 Å². The highest BCUT2D eigenvalue weighted by molar-refractivity contribution is 6.30. The first-order chi connectivity index (χ1) is 14.5. The zero-order chi connectivity index (χ0) is 21.5. The minimum absolute atomic E-state index is 0.249. The second-order valence-corrected chi connectivity index (χ2v) is 6.88. The molecule has 0 atom stereocenters. The molecule has 0 aliphatic carbocycles. The van der Waals surface area contributed by atoms with Crippen LogP contribution in [0, 0.1) is 5.82 Å². The summed E-state index contributed by atoms with van der Waals surface area (Å²) in [6, 6.07) is 17.7. The van der Waals surface area contributed by atoms with Gasteiger partial charge in [0.1, 0.15) is 11.6 Å². The summed E-state index contributed by atoms with van der Waals surface area (Å²) in [4.78, 5) is 24.5. The topological polar surface area (TPSA) is 67.4 Å². The molecule has 0 bridgehead atoms. The van der Waals surface area contributed by atoms with Crippen molar-refractivity contribution in [3.8, 4) is 16.9 Å². The number of benzene rings is 3. The van der Waals surface area contributed by atoms with Gasteiger partial charge in [0, 0.05) is 34.8 Å². The number of hydrogen-bond acceptors (Lipinski definition) is 3. The molecule has 0 heterocycles. The molecule has 30 heavy (non-hydrogen) atoms. The van der Waals surface area contributed by atoms with Gasteiger partial charge in [-0.15, -0.1) is 0 Å². The van der Waals surface area contributed by atoms with Gasteiger partial charge >= 0.3 is 0 Å². The Bertz CT molecular complexity index is 1070. The summed E-state index contributed by atoms with van der Waals surface area (Å²) in [5.74, 6) is -0.454. The average molecular weight is 427 g/mol. The monoisotopic (exact) mass is 426 g/mol. The van der Waals surface area contributed by atoms with E-state index in [-0.39, 0.29) is 24.9 Å². The molecule has 0 saturated carbocycles. The molecule has 3 aromatic carbocycles. The Hall–Kier alpha value is -3.38. The van der Waals surface area contributed by atoms with Crippen LogP contribution in [0.15, 0.2) is 66.7 Å². The number of hydrogen-bond donors (Lipinski definition) is 2. The summed E-state index contributed by atoms with van der Waals surface area (Å²) in [6.45, 7) is 0.507. The Kier molecular flexibility index (Phi) is 7.03. The van der Waals surface area contributed by atoms with E-state index >= 15 is 0 Å². The van der Waals surface area contributed by atoms with E-state index in [4.69, 9.17) is 16.3 Å². The van der Waals surface area contributed by atoms with Gasteiger partial charge in [0.2, 0.25) is 0 Å². The molecule has 0 unspecified atom stereocenters. The van der Waals surface area contributed by atoms with Gasteiger partial charge in [-0.25, -0.2) is 4.39 Å². The molecule has 3 rings (SSSR count). The summed E-state index contributed by atoms with van der Waals surface area (Å²) >= 11 is 5.88. The molecule has 5 nitrogen and oxygen atoms in total. The zero-order valence-electron chi connectivity index (χ0n) is 16.2. The minimum Gasteiger partial charge on any atom is -0.496 e. The molecule has 0 radical (unpaired) electrons. The van der Waals surface area contributed by atoms with E-state index in [1.165, 1.54) is 19.2 Å². The lowest BCUT2D eigenvalue weighted by molar-refractivity contribution is 0.0927. The maximum atomic E-state index is 13.7. The standard InChI is InChI=1S/C23H20ClFN2O3/c1-30-21-9-8-19(25)14-20(21)15-4-2-5-16(12-15)22(28)26-10-11-27-23(29)17-6-3-7-18(24)13-17/h2-9,12-14H,10-11H2,1H3,(H,26,28)(H,27,29). The number of carbonyl (C=O) groups excluding carboxylic acids is 2. The molecular weight excluding hydrogens is 407 g/mol. The summed E-state index contributed by atoms with van der Waals surface area (Å²) in [5.41, 5.74) is 2.08. The minimum atomic E-state index is -0.393. The van der Waals surface area contributed by atoms with Crippen molar-refractivity contribution >= 4 is 23.4 Å². The van der Waals surface area contributed by atoms with Crippen molar-refractivity contribution in [1.82, 2.24) is 10.6 Å². The van der Waals surface area contributed by atoms with Gasteiger partial charge in [0.05, 0.1) is 7.11 Å². The average Bonchev–Trinajstić information content (AvgIpc) is 2.76. The van der Waals surface area contributed by atoms with Crippen molar-refractivity contribution < 1.29 is 18.7 Å². The Morgan fingerprint density at radius 2 is 1.53 bits per heavy atom. The Balaban J connectivity index is 1.59. The molecule has 0 saturated heterocycles. The quantitative estimate of drug-likeness (QED) is 0.553. The van der Waals surface area contributed by atoms with E-state index in [9.17, 15) is 14.0 Å². The number of ether oxygens (including phenoxy) is 1. The van der Waals surface area contributed by atoms with E-state index in [0.29, 0.717) is 33.0 Å². The first-order valence-corrected chi connectivity index (χ1v) is 9.61. The predicted molar refractivity (Wildman–Crippen MR) is 115 cm³/mol. The van der Waals surface area contributed by atoms with Crippen LogP contribution in [0.3, 0.4) is 0 Å². The third-order valence-corrected chi connectivity index (χ3v) is 4.62. The number of methoxy groups -OCH3 is 1. The van der Waals surface area contributed by atoms with Crippen LogP contribution >= 0.6 is 11.6 Å². The fourth-order valence-corrected chi connectivity index (χ4v) is 3.11. The largest absolute Gasteiger partial charge is 0.496 e. The fourth-order valence-electron chi connectivity index (χ4n) is 2.92. The Morgan fingerprint density at radius 3 is 2.17 bits per heavy atom. The molecule has 7 heteroatoms. The maximum absolute atomic E-state index is 13.7. The Labute approximate surface area is 178 Å². The number of halogens is 2. The predicted octanol–water partition coefficient (Wildman–Crippen LogP) is 4.31. The van der Waals surface area contributed by atoms with Gasteiger partial charge in [-0.1, -0.05) is 29.8 Å². The van der Waals surface area contributed by atoms with E-state index in [1.807, 2.05) is 0 Å². The molecule has 2 N–H and O–H groups in total. The van der Waals surface area contributed by atoms with Gasteiger partial charge in [-0.05, 0) is 54.1 Å². The number of amides is 2. The number of rotatable bonds is 7. The fraction of sp³-hybridized carbons (Fsp3) is 0.130. The van der Waals surface area contributed by atoms with Gasteiger partial charge in [0.15, 0.2) is 0 Å². The van der Waals surface area contributed by atoms with Gasteiger partial charge in [0.25, 0.3) is 11.8 Å². The third-order valence-electron chi connectivity index (χ3n) is 4.38.